The molecule has 2 saturated heterocycles. The van der Waals surface area contributed by atoms with Gasteiger partial charge in [-0.3, -0.25) is 0 Å². The summed E-state index contributed by atoms with van der Waals surface area (Å²) in [6.07, 6.45) is 1.35. The lowest BCUT2D eigenvalue weighted by molar-refractivity contribution is -0.105. The molecule has 2 aliphatic heterocycles. The summed E-state index contributed by atoms with van der Waals surface area (Å²) in [7, 11) is 0. The van der Waals surface area contributed by atoms with E-state index in [0.717, 1.165) is 19.3 Å². The van der Waals surface area contributed by atoms with E-state index >= 15 is 0 Å². The SMILES string of the molecule is CCN1CC2(COC2)CC1C. The van der Waals surface area contributed by atoms with Crippen molar-refractivity contribution in [1.82, 2.24) is 4.90 Å². The van der Waals surface area contributed by atoms with Gasteiger partial charge in [0.25, 0.3) is 0 Å². The first-order valence-corrected chi connectivity index (χ1v) is 4.57. The predicted molar refractivity (Wildman–Crippen MR) is 44.6 cm³/mol. The van der Waals surface area contributed by atoms with Crippen molar-refractivity contribution in [3.05, 3.63) is 0 Å². The molecular formula is C9H17NO. The van der Waals surface area contributed by atoms with Crippen molar-refractivity contribution in [3.8, 4) is 0 Å². The molecule has 0 aromatic carbocycles. The summed E-state index contributed by atoms with van der Waals surface area (Å²) in [5.41, 5.74) is 0.565. The van der Waals surface area contributed by atoms with Crippen molar-refractivity contribution in [2.24, 2.45) is 5.41 Å². The quantitative estimate of drug-likeness (QED) is 0.562. The molecule has 0 aromatic heterocycles. The summed E-state index contributed by atoms with van der Waals surface area (Å²) in [6.45, 7) is 9.06. The van der Waals surface area contributed by atoms with E-state index in [-0.39, 0.29) is 0 Å². The van der Waals surface area contributed by atoms with E-state index in [9.17, 15) is 0 Å². The third kappa shape index (κ3) is 1.09. The average Bonchev–Trinajstić information content (AvgIpc) is 2.26. The Morgan fingerprint density at radius 1 is 1.55 bits per heavy atom. The fourth-order valence-corrected chi connectivity index (χ4v) is 2.43. The molecule has 1 unspecified atom stereocenters. The largest absolute Gasteiger partial charge is 0.380 e. The molecule has 2 heterocycles. The highest BCUT2D eigenvalue weighted by molar-refractivity contribution is 4.97. The van der Waals surface area contributed by atoms with Crippen LogP contribution < -0.4 is 0 Å². The number of hydrogen-bond donors (Lipinski definition) is 0. The summed E-state index contributed by atoms with van der Waals surface area (Å²) in [5.74, 6) is 0. The second-order valence-corrected chi connectivity index (χ2v) is 4.11. The van der Waals surface area contributed by atoms with E-state index < -0.39 is 0 Å². The highest BCUT2D eigenvalue weighted by Crippen LogP contribution is 2.40. The molecule has 0 bridgehead atoms. The minimum atomic E-state index is 0.565. The molecule has 2 heteroatoms. The third-order valence-corrected chi connectivity index (χ3v) is 3.11. The summed E-state index contributed by atoms with van der Waals surface area (Å²) < 4.78 is 5.27. The highest BCUT2D eigenvalue weighted by atomic mass is 16.5. The molecule has 2 nitrogen and oxygen atoms in total. The minimum Gasteiger partial charge on any atom is -0.380 e. The minimum absolute atomic E-state index is 0.565. The molecule has 0 aliphatic carbocycles. The average molecular weight is 155 g/mol. The van der Waals surface area contributed by atoms with Crippen molar-refractivity contribution in [3.63, 3.8) is 0 Å². The van der Waals surface area contributed by atoms with Crippen LogP contribution in [0.1, 0.15) is 20.3 Å². The summed E-state index contributed by atoms with van der Waals surface area (Å²) in [5, 5.41) is 0. The van der Waals surface area contributed by atoms with Crippen LogP contribution in [0.15, 0.2) is 0 Å². The van der Waals surface area contributed by atoms with Gasteiger partial charge in [0, 0.05) is 18.0 Å². The summed E-state index contributed by atoms with van der Waals surface area (Å²) >= 11 is 0. The molecule has 1 spiro atoms. The van der Waals surface area contributed by atoms with E-state index in [1.54, 1.807) is 0 Å². The van der Waals surface area contributed by atoms with Crippen molar-refractivity contribution in [1.29, 1.82) is 0 Å². The van der Waals surface area contributed by atoms with Gasteiger partial charge in [0.05, 0.1) is 13.2 Å². The van der Waals surface area contributed by atoms with Gasteiger partial charge in [-0.05, 0) is 19.9 Å². The molecule has 2 aliphatic rings. The van der Waals surface area contributed by atoms with Crippen LogP contribution in [0.4, 0.5) is 0 Å². The van der Waals surface area contributed by atoms with Crippen LogP contribution >= 0.6 is 0 Å². The van der Waals surface area contributed by atoms with Crippen LogP contribution in [0.5, 0.6) is 0 Å². The molecule has 1 atom stereocenters. The van der Waals surface area contributed by atoms with Crippen molar-refractivity contribution in [2.75, 3.05) is 26.3 Å². The van der Waals surface area contributed by atoms with E-state index in [1.165, 1.54) is 19.5 Å². The fourth-order valence-electron chi connectivity index (χ4n) is 2.43. The smallest absolute Gasteiger partial charge is 0.0557 e. The normalized spacial score (nSPS) is 36.0. The molecule has 2 rings (SSSR count). The Labute approximate surface area is 68.5 Å². The first-order valence-electron chi connectivity index (χ1n) is 4.57. The van der Waals surface area contributed by atoms with Crippen LogP contribution in [-0.4, -0.2) is 37.2 Å². The summed E-state index contributed by atoms with van der Waals surface area (Å²) in [6, 6.07) is 0.781. The molecular weight excluding hydrogens is 138 g/mol. The molecule has 0 aromatic rings. The number of hydrogen-bond acceptors (Lipinski definition) is 2. The zero-order chi connectivity index (χ0) is 7.90. The zero-order valence-electron chi connectivity index (χ0n) is 7.47. The van der Waals surface area contributed by atoms with Crippen LogP contribution in [0.3, 0.4) is 0 Å². The lowest BCUT2D eigenvalue weighted by Crippen LogP contribution is -2.44. The molecule has 11 heavy (non-hydrogen) atoms. The molecule has 64 valence electrons. The predicted octanol–water partition coefficient (Wildman–Crippen LogP) is 1.12. The van der Waals surface area contributed by atoms with E-state index in [4.69, 9.17) is 4.74 Å². The molecule has 0 radical (unpaired) electrons. The van der Waals surface area contributed by atoms with Gasteiger partial charge in [0.15, 0.2) is 0 Å². The molecule has 0 amide bonds. The molecule has 0 N–H and O–H groups in total. The van der Waals surface area contributed by atoms with Crippen LogP contribution in [0.2, 0.25) is 0 Å². The van der Waals surface area contributed by atoms with Gasteiger partial charge in [-0.1, -0.05) is 6.92 Å². The first kappa shape index (κ1) is 7.56. The topological polar surface area (TPSA) is 12.5 Å². The van der Waals surface area contributed by atoms with Gasteiger partial charge in [-0.25, -0.2) is 0 Å². The Kier molecular flexibility index (Phi) is 1.69. The van der Waals surface area contributed by atoms with Crippen LogP contribution in [0.25, 0.3) is 0 Å². The van der Waals surface area contributed by atoms with Gasteiger partial charge < -0.3 is 9.64 Å². The number of ether oxygens (including phenoxy) is 1. The fraction of sp³-hybridized carbons (Fsp3) is 1.00. The second kappa shape index (κ2) is 2.46. The van der Waals surface area contributed by atoms with E-state index in [2.05, 4.69) is 18.7 Å². The van der Waals surface area contributed by atoms with Crippen molar-refractivity contribution >= 4 is 0 Å². The van der Waals surface area contributed by atoms with Crippen molar-refractivity contribution < 1.29 is 4.74 Å². The lowest BCUT2D eigenvalue weighted by Gasteiger charge is -2.37. The van der Waals surface area contributed by atoms with Crippen LogP contribution in [-0.2, 0) is 4.74 Å². The summed E-state index contributed by atoms with van der Waals surface area (Å²) in [4.78, 5) is 2.56. The monoisotopic (exact) mass is 155 g/mol. The Morgan fingerprint density at radius 3 is 2.55 bits per heavy atom. The van der Waals surface area contributed by atoms with Gasteiger partial charge in [0.2, 0.25) is 0 Å². The lowest BCUT2D eigenvalue weighted by atomic mass is 9.84. The Balaban J connectivity index is 1.99. The van der Waals surface area contributed by atoms with Gasteiger partial charge >= 0.3 is 0 Å². The van der Waals surface area contributed by atoms with Crippen molar-refractivity contribution in [2.45, 2.75) is 26.3 Å². The standard InChI is InChI=1S/C9H17NO/c1-3-10-5-9(4-8(10)2)6-11-7-9/h8H,3-7H2,1-2H3. The number of likely N-dealkylation sites (tertiary alicyclic amines) is 1. The Morgan fingerprint density at radius 2 is 2.27 bits per heavy atom. The highest BCUT2D eigenvalue weighted by Gasteiger charge is 2.46. The maximum absolute atomic E-state index is 5.27. The Hall–Kier alpha value is -0.0800. The molecule has 2 fully saturated rings. The maximum atomic E-state index is 5.27. The van der Waals surface area contributed by atoms with E-state index in [1.807, 2.05) is 0 Å². The number of nitrogens with zero attached hydrogens (tertiary/aromatic N) is 1. The molecule has 0 saturated carbocycles. The second-order valence-electron chi connectivity index (χ2n) is 4.11. The maximum Gasteiger partial charge on any atom is 0.0557 e. The number of rotatable bonds is 1. The van der Waals surface area contributed by atoms with Crippen LogP contribution in [0, 0.1) is 5.41 Å². The third-order valence-electron chi connectivity index (χ3n) is 3.11. The van der Waals surface area contributed by atoms with E-state index in [0.29, 0.717) is 5.41 Å². The van der Waals surface area contributed by atoms with Gasteiger partial charge in [0.1, 0.15) is 0 Å². The van der Waals surface area contributed by atoms with Gasteiger partial charge in [-0.15, -0.1) is 0 Å². The zero-order valence-corrected chi connectivity index (χ0v) is 7.47. The first-order chi connectivity index (χ1) is 5.26. The van der Waals surface area contributed by atoms with Gasteiger partial charge in [-0.2, -0.15) is 0 Å². The Bertz CT molecular complexity index is 154.